The van der Waals surface area contributed by atoms with Crippen molar-refractivity contribution in [3.63, 3.8) is 0 Å². The van der Waals surface area contributed by atoms with Crippen LogP contribution in [0.1, 0.15) is 10.4 Å². The van der Waals surface area contributed by atoms with Gasteiger partial charge in [0.05, 0.1) is 22.9 Å². The maximum Gasteiger partial charge on any atom is 0.338 e. The first-order valence-electron chi connectivity index (χ1n) is 6.08. The minimum absolute atomic E-state index is 0.0769. The highest BCUT2D eigenvalue weighted by atomic mass is 35.5. The zero-order chi connectivity index (χ0) is 13.8. The second kappa shape index (κ2) is 6.23. The van der Waals surface area contributed by atoms with Gasteiger partial charge < -0.3 is 20.1 Å². The van der Waals surface area contributed by atoms with E-state index in [-0.39, 0.29) is 12.7 Å². The van der Waals surface area contributed by atoms with Crippen molar-refractivity contribution in [1.82, 2.24) is 4.90 Å². The highest BCUT2D eigenvalue weighted by Gasteiger charge is 2.20. The molecule has 0 amide bonds. The number of anilines is 1. The van der Waals surface area contributed by atoms with Crippen molar-refractivity contribution in [2.75, 3.05) is 39.1 Å². The Bertz CT molecular complexity index is 467. The number of nitrogens with zero attached hydrogens (tertiary/aromatic N) is 1. The van der Waals surface area contributed by atoms with E-state index >= 15 is 0 Å². The normalized spacial score (nSPS) is 20.2. The van der Waals surface area contributed by atoms with Gasteiger partial charge in [0.1, 0.15) is 12.7 Å². The molecule has 1 aromatic carbocycles. The molecule has 1 aliphatic rings. The maximum absolute atomic E-state index is 11.8. The van der Waals surface area contributed by atoms with Crippen LogP contribution in [0.3, 0.4) is 0 Å². The standard InChI is InChI=1S/C13H17ClN2O3/c1-16-4-5-18-10(7-16)8-19-13(17)9-2-3-12(15)11(14)6-9/h2-3,6,10H,4-5,7-8,15H2,1H3. The van der Waals surface area contributed by atoms with Crippen LogP contribution in [0.4, 0.5) is 5.69 Å². The Hall–Kier alpha value is -1.30. The lowest BCUT2D eigenvalue weighted by molar-refractivity contribution is -0.0528. The molecule has 1 aliphatic heterocycles. The first-order chi connectivity index (χ1) is 9.06. The van der Waals surface area contributed by atoms with Gasteiger partial charge in [-0.3, -0.25) is 0 Å². The van der Waals surface area contributed by atoms with Crippen LogP contribution in [0, 0.1) is 0 Å². The number of nitrogens with two attached hydrogens (primary N) is 1. The van der Waals surface area contributed by atoms with Crippen molar-refractivity contribution in [3.8, 4) is 0 Å². The van der Waals surface area contributed by atoms with E-state index in [1.807, 2.05) is 7.05 Å². The van der Waals surface area contributed by atoms with E-state index in [0.717, 1.165) is 13.1 Å². The van der Waals surface area contributed by atoms with E-state index in [0.29, 0.717) is 22.9 Å². The molecule has 1 fully saturated rings. The smallest absolute Gasteiger partial charge is 0.338 e. The molecule has 0 saturated carbocycles. The van der Waals surface area contributed by atoms with Gasteiger partial charge in [0.15, 0.2) is 0 Å². The van der Waals surface area contributed by atoms with Gasteiger partial charge in [-0.05, 0) is 25.2 Å². The Morgan fingerprint density at radius 2 is 2.42 bits per heavy atom. The van der Waals surface area contributed by atoms with Crippen molar-refractivity contribution in [2.45, 2.75) is 6.10 Å². The number of carbonyl (C=O) groups is 1. The number of halogens is 1. The van der Waals surface area contributed by atoms with Crippen molar-refractivity contribution < 1.29 is 14.3 Å². The average Bonchev–Trinajstić information content (AvgIpc) is 2.39. The van der Waals surface area contributed by atoms with Crippen molar-refractivity contribution in [3.05, 3.63) is 28.8 Å². The SMILES string of the molecule is CN1CCOC(COC(=O)c2ccc(N)c(Cl)c2)C1. The topological polar surface area (TPSA) is 64.8 Å². The number of carbonyl (C=O) groups excluding carboxylic acids is 1. The van der Waals surface area contributed by atoms with Gasteiger partial charge in [-0.2, -0.15) is 0 Å². The number of likely N-dealkylation sites (N-methyl/N-ethyl adjacent to an activating group) is 1. The van der Waals surface area contributed by atoms with E-state index in [1.54, 1.807) is 12.1 Å². The van der Waals surface area contributed by atoms with Gasteiger partial charge in [0.2, 0.25) is 0 Å². The Labute approximate surface area is 117 Å². The van der Waals surface area contributed by atoms with Gasteiger partial charge in [-0.25, -0.2) is 4.79 Å². The molecule has 1 aromatic rings. The van der Waals surface area contributed by atoms with Crippen molar-refractivity contribution in [2.24, 2.45) is 0 Å². The molecule has 0 bridgehead atoms. The van der Waals surface area contributed by atoms with Crippen LogP contribution in [0.2, 0.25) is 5.02 Å². The molecule has 1 atom stereocenters. The molecule has 0 aliphatic carbocycles. The summed E-state index contributed by atoms with van der Waals surface area (Å²) in [6.45, 7) is 2.56. The number of hydrogen-bond donors (Lipinski definition) is 1. The lowest BCUT2D eigenvalue weighted by Gasteiger charge is -2.29. The minimum atomic E-state index is -0.418. The predicted molar refractivity (Wildman–Crippen MR) is 73.4 cm³/mol. The van der Waals surface area contributed by atoms with E-state index in [9.17, 15) is 4.79 Å². The van der Waals surface area contributed by atoms with Crippen LogP contribution in [0.5, 0.6) is 0 Å². The summed E-state index contributed by atoms with van der Waals surface area (Å²) in [6.07, 6.45) is -0.0769. The Morgan fingerprint density at radius 3 is 3.11 bits per heavy atom. The third-order valence-electron chi connectivity index (χ3n) is 2.98. The summed E-state index contributed by atoms with van der Waals surface area (Å²) in [6, 6.07) is 4.69. The third-order valence-corrected chi connectivity index (χ3v) is 3.31. The zero-order valence-corrected chi connectivity index (χ0v) is 11.5. The fourth-order valence-electron chi connectivity index (χ4n) is 1.87. The molecule has 1 unspecified atom stereocenters. The van der Waals surface area contributed by atoms with Crippen LogP contribution < -0.4 is 5.73 Å². The average molecular weight is 285 g/mol. The number of morpholine rings is 1. The van der Waals surface area contributed by atoms with Crippen LogP contribution >= 0.6 is 11.6 Å². The van der Waals surface area contributed by atoms with Gasteiger partial charge >= 0.3 is 5.97 Å². The molecule has 2 N–H and O–H groups in total. The largest absolute Gasteiger partial charge is 0.459 e. The highest BCUT2D eigenvalue weighted by molar-refractivity contribution is 6.33. The fourth-order valence-corrected chi connectivity index (χ4v) is 2.05. The minimum Gasteiger partial charge on any atom is -0.459 e. The number of nitrogen functional groups attached to an aromatic ring is 1. The molecular formula is C13H17ClN2O3. The van der Waals surface area contributed by atoms with Crippen LogP contribution in [0.25, 0.3) is 0 Å². The second-order valence-corrected chi connectivity index (χ2v) is 5.00. The molecule has 6 heteroatoms. The second-order valence-electron chi connectivity index (χ2n) is 4.59. The van der Waals surface area contributed by atoms with Crippen molar-refractivity contribution >= 4 is 23.3 Å². The lowest BCUT2D eigenvalue weighted by atomic mass is 10.2. The Morgan fingerprint density at radius 1 is 1.63 bits per heavy atom. The van der Waals surface area contributed by atoms with E-state index in [2.05, 4.69) is 4.90 Å². The molecule has 5 nitrogen and oxygen atoms in total. The van der Waals surface area contributed by atoms with E-state index in [1.165, 1.54) is 6.07 Å². The molecule has 1 heterocycles. The zero-order valence-electron chi connectivity index (χ0n) is 10.8. The van der Waals surface area contributed by atoms with Gasteiger partial charge in [0, 0.05) is 13.1 Å². The molecule has 0 radical (unpaired) electrons. The quantitative estimate of drug-likeness (QED) is 0.672. The summed E-state index contributed by atoms with van der Waals surface area (Å²) in [5, 5.41) is 0.350. The van der Waals surface area contributed by atoms with E-state index in [4.69, 9.17) is 26.8 Å². The Balaban J connectivity index is 1.88. The predicted octanol–water partition coefficient (Wildman–Crippen LogP) is 1.41. The van der Waals surface area contributed by atoms with Crippen LogP contribution in [-0.2, 0) is 9.47 Å². The molecule has 2 rings (SSSR count). The number of rotatable bonds is 3. The Kier molecular flexibility index (Phi) is 4.63. The molecule has 0 aromatic heterocycles. The molecule has 0 spiro atoms. The molecular weight excluding hydrogens is 268 g/mol. The highest BCUT2D eigenvalue weighted by Crippen LogP contribution is 2.20. The lowest BCUT2D eigenvalue weighted by Crippen LogP contribution is -2.42. The van der Waals surface area contributed by atoms with E-state index < -0.39 is 5.97 Å². The fraction of sp³-hybridized carbons (Fsp3) is 0.462. The molecule has 104 valence electrons. The molecule has 1 saturated heterocycles. The molecule has 19 heavy (non-hydrogen) atoms. The number of benzene rings is 1. The van der Waals surface area contributed by atoms with Gasteiger partial charge in [0.25, 0.3) is 0 Å². The van der Waals surface area contributed by atoms with Crippen LogP contribution in [0.15, 0.2) is 18.2 Å². The van der Waals surface area contributed by atoms with Crippen LogP contribution in [-0.4, -0.2) is 50.3 Å². The number of ether oxygens (including phenoxy) is 2. The summed E-state index contributed by atoms with van der Waals surface area (Å²) in [5.74, 6) is -0.418. The third kappa shape index (κ3) is 3.83. The van der Waals surface area contributed by atoms with Crippen molar-refractivity contribution in [1.29, 1.82) is 0 Å². The van der Waals surface area contributed by atoms with Gasteiger partial charge in [-0.15, -0.1) is 0 Å². The first-order valence-corrected chi connectivity index (χ1v) is 6.46. The summed E-state index contributed by atoms with van der Waals surface area (Å²) in [5.41, 5.74) is 6.42. The summed E-state index contributed by atoms with van der Waals surface area (Å²) >= 11 is 5.86. The maximum atomic E-state index is 11.8. The number of hydrogen-bond acceptors (Lipinski definition) is 5. The van der Waals surface area contributed by atoms with Gasteiger partial charge in [-0.1, -0.05) is 11.6 Å². The first kappa shape index (κ1) is 14.1. The summed E-state index contributed by atoms with van der Waals surface area (Å²) in [7, 11) is 2.01. The monoisotopic (exact) mass is 284 g/mol. The number of esters is 1. The summed E-state index contributed by atoms with van der Waals surface area (Å²) < 4.78 is 10.7. The summed E-state index contributed by atoms with van der Waals surface area (Å²) in [4.78, 5) is 14.0.